The van der Waals surface area contributed by atoms with Gasteiger partial charge in [0.1, 0.15) is 5.78 Å². The first-order valence-electron chi connectivity index (χ1n) is 5.21. The lowest BCUT2D eigenvalue weighted by Gasteiger charge is -2.27. The van der Waals surface area contributed by atoms with Crippen molar-refractivity contribution in [1.82, 2.24) is 5.32 Å². The Morgan fingerprint density at radius 2 is 2.14 bits per heavy atom. The van der Waals surface area contributed by atoms with Gasteiger partial charge in [0.05, 0.1) is 0 Å². The zero-order valence-corrected chi connectivity index (χ0v) is 8.06. The molecule has 1 N–H and O–H groups in total. The van der Waals surface area contributed by atoms with E-state index in [1.54, 1.807) is 0 Å². The molecule has 1 saturated carbocycles. The predicted octanol–water partition coefficient (Wildman–Crippen LogP) is 1.60. The molecule has 0 radical (unpaired) electrons. The van der Waals surface area contributed by atoms with E-state index >= 15 is 0 Å². The first kappa shape index (κ1) is 10.0. The van der Waals surface area contributed by atoms with E-state index in [1.807, 2.05) is 0 Å². The first-order chi connectivity index (χ1) is 6.59. The summed E-state index contributed by atoms with van der Waals surface area (Å²) in [4.78, 5) is 11.5. The summed E-state index contributed by atoms with van der Waals surface area (Å²) >= 11 is 0. The zero-order valence-electron chi connectivity index (χ0n) is 8.06. The summed E-state index contributed by atoms with van der Waals surface area (Å²) in [6.45, 7) is 1.36. The Morgan fingerprint density at radius 3 is 2.57 bits per heavy atom. The summed E-state index contributed by atoms with van der Waals surface area (Å²) in [5, 5.41) is 2.98. The summed E-state index contributed by atoms with van der Waals surface area (Å²) in [6, 6.07) is 0. The SMILES string of the molecule is O=C(CC1CCCC1(F)F)C1CNC1. The van der Waals surface area contributed by atoms with Crippen molar-refractivity contribution in [2.24, 2.45) is 11.8 Å². The van der Waals surface area contributed by atoms with E-state index in [9.17, 15) is 13.6 Å². The molecule has 80 valence electrons. The molecule has 1 saturated heterocycles. The molecule has 0 spiro atoms. The molecule has 4 heteroatoms. The van der Waals surface area contributed by atoms with Gasteiger partial charge in [-0.15, -0.1) is 0 Å². The van der Waals surface area contributed by atoms with Gasteiger partial charge in [0, 0.05) is 37.8 Å². The van der Waals surface area contributed by atoms with Crippen LogP contribution in [0.25, 0.3) is 0 Å². The van der Waals surface area contributed by atoms with Gasteiger partial charge in [0.15, 0.2) is 0 Å². The molecule has 0 amide bonds. The third-order valence-electron chi connectivity index (χ3n) is 3.34. The first-order valence-corrected chi connectivity index (χ1v) is 5.21. The minimum absolute atomic E-state index is 0.00593. The lowest BCUT2D eigenvalue weighted by molar-refractivity contribution is -0.128. The third kappa shape index (κ3) is 1.80. The Kier molecular flexibility index (Phi) is 2.56. The molecule has 2 nitrogen and oxygen atoms in total. The van der Waals surface area contributed by atoms with E-state index in [0.29, 0.717) is 25.9 Å². The number of alkyl halides is 2. The maximum absolute atomic E-state index is 13.2. The number of nitrogens with one attached hydrogen (secondary N) is 1. The van der Waals surface area contributed by atoms with Crippen LogP contribution in [0.5, 0.6) is 0 Å². The van der Waals surface area contributed by atoms with Gasteiger partial charge in [-0.3, -0.25) is 4.79 Å². The van der Waals surface area contributed by atoms with E-state index in [2.05, 4.69) is 5.32 Å². The number of hydrogen-bond donors (Lipinski definition) is 1. The topological polar surface area (TPSA) is 29.1 Å². The van der Waals surface area contributed by atoms with Crippen LogP contribution in [0.15, 0.2) is 0 Å². The summed E-state index contributed by atoms with van der Waals surface area (Å²) in [5.41, 5.74) is 0. The van der Waals surface area contributed by atoms with Crippen LogP contribution in [0.2, 0.25) is 0 Å². The molecular formula is C10H15F2NO. The second kappa shape index (κ2) is 3.57. The van der Waals surface area contributed by atoms with Crippen molar-refractivity contribution in [1.29, 1.82) is 0 Å². The van der Waals surface area contributed by atoms with Crippen molar-refractivity contribution in [2.75, 3.05) is 13.1 Å². The van der Waals surface area contributed by atoms with Crippen molar-refractivity contribution >= 4 is 5.78 Å². The summed E-state index contributed by atoms with van der Waals surface area (Å²) < 4.78 is 26.4. The predicted molar refractivity (Wildman–Crippen MR) is 48.3 cm³/mol. The minimum Gasteiger partial charge on any atom is -0.315 e. The molecule has 1 atom stereocenters. The van der Waals surface area contributed by atoms with Crippen LogP contribution in [0.4, 0.5) is 8.78 Å². The number of hydrogen-bond acceptors (Lipinski definition) is 2. The molecule has 1 heterocycles. The Hall–Kier alpha value is -0.510. The third-order valence-corrected chi connectivity index (χ3v) is 3.34. The maximum atomic E-state index is 13.2. The number of Topliss-reactive ketones (excluding diaryl/α,β-unsaturated/α-hetero) is 1. The Labute approximate surface area is 82.1 Å². The highest BCUT2D eigenvalue weighted by atomic mass is 19.3. The van der Waals surface area contributed by atoms with Crippen LogP contribution in [-0.2, 0) is 4.79 Å². The molecular weight excluding hydrogens is 188 g/mol. The van der Waals surface area contributed by atoms with Crippen LogP contribution >= 0.6 is 0 Å². The standard InChI is InChI=1S/C10H15F2NO/c11-10(12)3-1-2-8(10)4-9(14)7-5-13-6-7/h7-8,13H,1-6H2. The van der Waals surface area contributed by atoms with E-state index in [-0.39, 0.29) is 24.5 Å². The maximum Gasteiger partial charge on any atom is 0.251 e. The highest BCUT2D eigenvalue weighted by Crippen LogP contribution is 2.42. The van der Waals surface area contributed by atoms with Gasteiger partial charge < -0.3 is 5.32 Å². The zero-order chi connectivity index (χ0) is 10.2. The summed E-state index contributed by atoms with van der Waals surface area (Å²) in [7, 11) is 0. The van der Waals surface area contributed by atoms with Gasteiger partial charge >= 0.3 is 0 Å². The van der Waals surface area contributed by atoms with Gasteiger partial charge in [0.2, 0.25) is 0 Å². The monoisotopic (exact) mass is 203 g/mol. The van der Waals surface area contributed by atoms with Crippen LogP contribution in [0.3, 0.4) is 0 Å². The molecule has 1 aliphatic carbocycles. The average molecular weight is 203 g/mol. The lowest BCUT2D eigenvalue weighted by Crippen LogP contribution is -2.47. The number of carbonyl (C=O) groups is 1. The van der Waals surface area contributed by atoms with Crippen LogP contribution in [-0.4, -0.2) is 24.8 Å². The van der Waals surface area contributed by atoms with E-state index in [4.69, 9.17) is 0 Å². The summed E-state index contributed by atoms with van der Waals surface area (Å²) in [6.07, 6.45) is 1.12. The van der Waals surface area contributed by atoms with E-state index < -0.39 is 11.8 Å². The normalized spacial score (nSPS) is 31.4. The van der Waals surface area contributed by atoms with Crippen LogP contribution in [0, 0.1) is 11.8 Å². The molecule has 14 heavy (non-hydrogen) atoms. The molecule has 0 bridgehead atoms. The van der Waals surface area contributed by atoms with Gasteiger partial charge in [-0.1, -0.05) is 0 Å². The minimum atomic E-state index is -2.59. The van der Waals surface area contributed by atoms with Crippen LogP contribution < -0.4 is 5.32 Å². The Bertz CT molecular complexity index is 238. The van der Waals surface area contributed by atoms with E-state index in [0.717, 1.165) is 0 Å². The molecule has 1 unspecified atom stereocenters. The number of halogens is 2. The van der Waals surface area contributed by atoms with Gasteiger partial charge in [-0.2, -0.15) is 0 Å². The highest BCUT2D eigenvalue weighted by molar-refractivity contribution is 5.82. The van der Waals surface area contributed by atoms with Crippen molar-refractivity contribution < 1.29 is 13.6 Å². The number of rotatable bonds is 3. The molecule has 2 rings (SSSR count). The van der Waals surface area contributed by atoms with Gasteiger partial charge in [-0.25, -0.2) is 8.78 Å². The van der Waals surface area contributed by atoms with Gasteiger partial charge in [-0.05, 0) is 12.8 Å². The molecule has 0 aromatic heterocycles. The Morgan fingerprint density at radius 1 is 1.43 bits per heavy atom. The Balaban J connectivity index is 1.87. The van der Waals surface area contributed by atoms with E-state index in [1.165, 1.54) is 0 Å². The molecule has 1 aliphatic heterocycles. The fraction of sp³-hybridized carbons (Fsp3) is 0.900. The van der Waals surface area contributed by atoms with Gasteiger partial charge in [0.25, 0.3) is 5.92 Å². The van der Waals surface area contributed by atoms with Crippen molar-refractivity contribution in [3.8, 4) is 0 Å². The second-order valence-electron chi connectivity index (χ2n) is 4.38. The van der Waals surface area contributed by atoms with Crippen molar-refractivity contribution in [3.05, 3.63) is 0 Å². The second-order valence-corrected chi connectivity index (χ2v) is 4.38. The smallest absolute Gasteiger partial charge is 0.251 e. The molecule has 2 fully saturated rings. The summed E-state index contributed by atoms with van der Waals surface area (Å²) in [5.74, 6) is -3.25. The van der Waals surface area contributed by atoms with Crippen molar-refractivity contribution in [2.45, 2.75) is 31.6 Å². The molecule has 2 aliphatic rings. The molecule has 0 aromatic carbocycles. The lowest BCUT2D eigenvalue weighted by atomic mass is 9.89. The fourth-order valence-corrected chi connectivity index (χ4v) is 2.18. The number of ketones is 1. The van der Waals surface area contributed by atoms with Crippen molar-refractivity contribution in [3.63, 3.8) is 0 Å². The quantitative estimate of drug-likeness (QED) is 0.754. The molecule has 0 aromatic rings. The number of carbonyl (C=O) groups excluding carboxylic acids is 1. The average Bonchev–Trinajstić information content (AvgIpc) is 2.27. The fourth-order valence-electron chi connectivity index (χ4n) is 2.18. The van der Waals surface area contributed by atoms with Crippen LogP contribution in [0.1, 0.15) is 25.7 Å². The largest absolute Gasteiger partial charge is 0.315 e. The highest BCUT2D eigenvalue weighted by Gasteiger charge is 2.45.